The molecule has 0 aliphatic heterocycles. The number of hydrogen-bond donors (Lipinski definition) is 0. The first-order chi connectivity index (χ1) is 12.0. The summed E-state index contributed by atoms with van der Waals surface area (Å²) in [5.74, 6) is -2.52. The third-order valence-electron chi connectivity index (χ3n) is 2.95. The number of esters is 2. The summed E-state index contributed by atoms with van der Waals surface area (Å²) in [6, 6.07) is 0. The Labute approximate surface area is 146 Å². The van der Waals surface area contributed by atoms with Gasteiger partial charge in [-0.1, -0.05) is 24.3 Å². The lowest BCUT2D eigenvalue weighted by atomic mass is 10.0. The van der Waals surface area contributed by atoms with Gasteiger partial charge in [-0.25, -0.2) is 8.78 Å². The van der Waals surface area contributed by atoms with Gasteiger partial charge in [0.15, 0.2) is 13.3 Å². The highest BCUT2D eigenvalue weighted by atomic mass is 19.3. The molecule has 0 aliphatic carbocycles. The minimum Gasteiger partial charge on any atom is -0.399 e. The van der Waals surface area contributed by atoms with Crippen molar-refractivity contribution in [1.29, 1.82) is 0 Å². The quantitative estimate of drug-likeness (QED) is 0.261. The summed E-state index contributed by atoms with van der Waals surface area (Å²) in [5.41, 5.74) is 0.676. The molecule has 0 aromatic rings. The molecule has 26 heavy (non-hydrogen) atoms. The van der Waals surface area contributed by atoms with Crippen LogP contribution < -0.4 is 0 Å². The van der Waals surface area contributed by atoms with E-state index in [-0.39, 0.29) is 38.5 Å². The van der Waals surface area contributed by atoms with E-state index >= 15 is 0 Å². The summed E-state index contributed by atoms with van der Waals surface area (Å²) >= 11 is 0. The zero-order valence-corrected chi connectivity index (χ0v) is 13.9. The first-order valence-corrected chi connectivity index (χ1v) is 7.67. The van der Waals surface area contributed by atoms with Gasteiger partial charge in [0.05, 0.1) is 0 Å². The first-order valence-electron chi connectivity index (χ1n) is 7.67. The molecule has 0 aromatic carbocycles. The van der Waals surface area contributed by atoms with Gasteiger partial charge in [0, 0.05) is 12.8 Å². The van der Waals surface area contributed by atoms with Gasteiger partial charge in [0.25, 0.3) is 0 Å². The van der Waals surface area contributed by atoms with Crippen LogP contribution >= 0.6 is 0 Å². The van der Waals surface area contributed by atoms with Gasteiger partial charge in [-0.05, 0) is 25.7 Å². The molecule has 150 valence electrons. The molecule has 0 bridgehead atoms. The Bertz CT molecular complexity index is 467. The largest absolute Gasteiger partial charge is 0.429 e. The Hall–Kier alpha value is -2.00. The van der Waals surface area contributed by atoms with Crippen LogP contribution in [0, 0.1) is 0 Å². The summed E-state index contributed by atoms with van der Waals surface area (Å²) in [6.07, 6.45) is -5.34. The van der Waals surface area contributed by atoms with E-state index in [1.54, 1.807) is 6.08 Å². The lowest BCUT2D eigenvalue weighted by molar-refractivity contribution is -0.239. The number of hydrogen-bond acceptors (Lipinski definition) is 4. The standard InChI is InChI=1S/C16H20F6O4/c1-2-5-12(6-3-8-13(23)25-15(19,20)10-17)7-4-9-14(24)26-16(21,22)11-18/h2,5H,1,3-4,6-11H2. The molecule has 0 atom stereocenters. The second kappa shape index (κ2) is 11.6. The molecule has 0 radical (unpaired) electrons. The highest BCUT2D eigenvalue weighted by molar-refractivity contribution is 5.70. The first kappa shape index (κ1) is 24.0. The maximum absolute atomic E-state index is 12.5. The van der Waals surface area contributed by atoms with Gasteiger partial charge in [-0.3, -0.25) is 9.59 Å². The van der Waals surface area contributed by atoms with Crippen LogP contribution in [0.3, 0.4) is 0 Å². The van der Waals surface area contributed by atoms with Crippen LogP contribution in [0.2, 0.25) is 0 Å². The van der Waals surface area contributed by atoms with Gasteiger partial charge in [0.2, 0.25) is 0 Å². The van der Waals surface area contributed by atoms with E-state index in [9.17, 15) is 35.9 Å². The average molecular weight is 390 g/mol. The van der Waals surface area contributed by atoms with E-state index in [1.165, 1.54) is 6.08 Å². The summed E-state index contributed by atoms with van der Waals surface area (Å²) in [5, 5.41) is 0. The van der Waals surface area contributed by atoms with Crippen LogP contribution in [0.25, 0.3) is 0 Å². The van der Waals surface area contributed by atoms with Crippen molar-refractivity contribution in [2.45, 2.75) is 50.7 Å². The van der Waals surface area contributed by atoms with Crippen LogP contribution in [-0.2, 0) is 19.1 Å². The van der Waals surface area contributed by atoms with E-state index in [0.29, 0.717) is 5.57 Å². The van der Waals surface area contributed by atoms with Crippen LogP contribution in [0.15, 0.2) is 24.3 Å². The molecule has 0 aliphatic rings. The smallest absolute Gasteiger partial charge is 0.399 e. The Kier molecular flexibility index (Phi) is 10.7. The number of allylic oxidation sites excluding steroid dienone is 3. The van der Waals surface area contributed by atoms with Crippen molar-refractivity contribution in [2.75, 3.05) is 13.3 Å². The van der Waals surface area contributed by atoms with Gasteiger partial charge in [0.1, 0.15) is 0 Å². The summed E-state index contributed by atoms with van der Waals surface area (Å²) in [7, 11) is 0. The fourth-order valence-corrected chi connectivity index (χ4v) is 1.87. The van der Waals surface area contributed by atoms with E-state index in [0.717, 1.165) is 0 Å². The number of carbonyl (C=O) groups excluding carboxylic acids is 2. The predicted octanol–water partition coefficient (Wildman–Crippen LogP) is 4.65. The van der Waals surface area contributed by atoms with Crippen molar-refractivity contribution in [3.8, 4) is 0 Å². The van der Waals surface area contributed by atoms with Crippen LogP contribution in [-0.4, -0.2) is 37.5 Å². The average Bonchev–Trinajstić information content (AvgIpc) is 2.54. The van der Waals surface area contributed by atoms with Crippen LogP contribution in [0.1, 0.15) is 38.5 Å². The third-order valence-corrected chi connectivity index (χ3v) is 2.95. The zero-order valence-electron chi connectivity index (χ0n) is 13.9. The minimum absolute atomic E-state index is 0.116. The number of carbonyl (C=O) groups is 2. The van der Waals surface area contributed by atoms with Gasteiger partial charge in [-0.2, -0.15) is 17.6 Å². The van der Waals surface area contributed by atoms with E-state index in [4.69, 9.17) is 0 Å². The maximum Gasteiger partial charge on any atom is 0.429 e. The second-order valence-corrected chi connectivity index (χ2v) is 5.26. The lowest BCUT2D eigenvalue weighted by Crippen LogP contribution is -2.27. The Morgan fingerprint density at radius 2 is 1.19 bits per heavy atom. The SMILES string of the molecule is C=CC=C(CCCC(=O)OC(F)(F)CF)CCCC(=O)OC(F)(F)CF. The molecule has 0 heterocycles. The minimum atomic E-state index is -4.15. The van der Waals surface area contributed by atoms with Gasteiger partial charge in [-0.15, -0.1) is 0 Å². The summed E-state index contributed by atoms with van der Waals surface area (Å²) in [4.78, 5) is 22.3. The van der Waals surface area contributed by atoms with E-state index in [2.05, 4.69) is 16.1 Å². The van der Waals surface area contributed by atoms with Crippen LogP contribution in [0.4, 0.5) is 26.3 Å². The highest BCUT2D eigenvalue weighted by Crippen LogP contribution is 2.21. The molecule has 4 nitrogen and oxygen atoms in total. The Balaban J connectivity index is 4.23. The monoisotopic (exact) mass is 390 g/mol. The molecule has 0 rings (SSSR count). The van der Waals surface area contributed by atoms with Gasteiger partial charge < -0.3 is 9.47 Å². The molecule has 0 unspecified atom stereocenters. The molecule has 0 saturated heterocycles. The Morgan fingerprint density at radius 1 is 0.808 bits per heavy atom. The fraction of sp³-hybridized carbons (Fsp3) is 0.625. The number of rotatable bonds is 13. The Morgan fingerprint density at radius 3 is 1.50 bits per heavy atom. The molecule has 0 spiro atoms. The van der Waals surface area contributed by atoms with Gasteiger partial charge >= 0.3 is 24.2 Å². The number of ether oxygens (including phenoxy) is 2. The fourth-order valence-electron chi connectivity index (χ4n) is 1.87. The topological polar surface area (TPSA) is 52.6 Å². The van der Waals surface area contributed by atoms with Crippen molar-refractivity contribution in [2.24, 2.45) is 0 Å². The molecule has 0 N–H and O–H groups in total. The molecular weight excluding hydrogens is 370 g/mol. The number of halogens is 6. The predicted molar refractivity (Wildman–Crippen MR) is 80.0 cm³/mol. The molecule has 0 saturated carbocycles. The summed E-state index contributed by atoms with van der Waals surface area (Å²) < 4.78 is 81.1. The van der Waals surface area contributed by atoms with Crippen LogP contribution in [0.5, 0.6) is 0 Å². The molecule has 0 amide bonds. The molecule has 10 heteroatoms. The van der Waals surface area contributed by atoms with Crippen molar-refractivity contribution in [3.05, 3.63) is 24.3 Å². The van der Waals surface area contributed by atoms with Crippen molar-refractivity contribution in [1.82, 2.24) is 0 Å². The highest BCUT2D eigenvalue weighted by Gasteiger charge is 2.34. The normalized spacial score (nSPS) is 11.6. The molecular formula is C16H20F6O4. The summed E-state index contributed by atoms with van der Waals surface area (Å²) in [6.45, 7) is -0.762. The van der Waals surface area contributed by atoms with Crippen molar-refractivity contribution < 1.29 is 45.4 Å². The third kappa shape index (κ3) is 11.5. The molecule has 0 aromatic heterocycles. The van der Waals surface area contributed by atoms with E-state index < -0.39 is 37.5 Å². The second-order valence-electron chi connectivity index (χ2n) is 5.26. The lowest BCUT2D eigenvalue weighted by Gasteiger charge is -2.13. The van der Waals surface area contributed by atoms with Crippen molar-refractivity contribution >= 4 is 11.9 Å². The molecule has 0 fully saturated rings. The van der Waals surface area contributed by atoms with E-state index in [1.807, 2.05) is 0 Å². The van der Waals surface area contributed by atoms with Crippen molar-refractivity contribution in [3.63, 3.8) is 0 Å². The number of alkyl halides is 6. The maximum atomic E-state index is 12.5. The zero-order chi connectivity index (χ0) is 20.2.